The predicted octanol–water partition coefficient (Wildman–Crippen LogP) is 2.41. The topological polar surface area (TPSA) is 60.7 Å². The molecule has 3 nitrogen and oxygen atoms in total. The number of alkyl halides is 6. The van der Waals surface area contributed by atoms with Crippen molar-refractivity contribution >= 4 is 0 Å². The summed E-state index contributed by atoms with van der Waals surface area (Å²) in [5, 5.41) is 26.1. The van der Waals surface area contributed by atoms with Crippen molar-refractivity contribution in [1.29, 1.82) is 0 Å². The molecule has 9 heteroatoms. The molecule has 3 N–H and O–H groups in total. The van der Waals surface area contributed by atoms with Gasteiger partial charge in [-0.2, -0.15) is 26.3 Å². The van der Waals surface area contributed by atoms with Crippen LogP contribution in [0.3, 0.4) is 0 Å². The van der Waals surface area contributed by atoms with Crippen LogP contribution in [-0.2, 0) is 5.92 Å². The van der Waals surface area contributed by atoms with Crippen LogP contribution in [0.25, 0.3) is 0 Å². The molecule has 1 rings (SSSR count). The van der Waals surface area contributed by atoms with Crippen LogP contribution in [0, 0.1) is 0 Å². The lowest BCUT2D eigenvalue weighted by molar-refractivity contribution is -0.390. The predicted molar refractivity (Wildman–Crippen MR) is 45.8 cm³/mol. The number of hydrogen-bond acceptors (Lipinski definition) is 3. The van der Waals surface area contributed by atoms with Crippen LogP contribution in [0.1, 0.15) is 5.56 Å². The summed E-state index contributed by atoms with van der Waals surface area (Å²) in [5.74, 6) is -13.5. The van der Waals surface area contributed by atoms with E-state index in [1.165, 1.54) is 0 Å². The Hall–Kier alpha value is -1.64. The zero-order valence-electron chi connectivity index (χ0n) is 8.34. The van der Waals surface area contributed by atoms with Gasteiger partial charge in [0.15, 0.2) is 0 Å². The van der Waals surface area contributed by atoms with E-state index in [1.807, 2.05) is 0 Å². The zero-order valence-corrected chi connectivity index (χ0v) is 8.34. The fourth-order valence-corrected chi connectivity index (χ4v) is 1.14. The second-order valence-corrected chi connectivity index (χ2v) is 3.40. The molecule has 0 amide bonds. The molecular formula is C9H6F6O3. The first-order valence-corrected chi connectivity index (χ1v) is 4.29. The van der Waals surface area contributed by atoms with Gasteiger partial charge in [0.25, 0.3) is 0 Å². The standard InChI is InChI=1S/C9H6F6O3/c10-7(11,8(12,18)9(13,14)15)5-2-1-4(16)3-6(5)17/h1-3,16-18H. The molecule has 0 radical (unpaired) electrons. The summed E-state index contributed by atoms with van der Waals surface area (Å²) >= 11 is 0. The summed E-state index contributed by atoms with van der Waals surface area (Å²) in [7, 11) is 0. The van der Waals surface area contributed by atoms with Crippen molar-refractivity contribution in [1.82, 2.24) is 0 Å². The van der Waals surface area contributed by atoms with Gasteiger partial charge in [-0.05, 0) is 12.1 Å². The van der Waals surface area contributed by atoms with Crippen molar-refractivity contribution in [3.05, 3.63) is 23.8 Å². The molecule has 0 fully saturated rings. The molecule has 0 heterocycles. The monoisotopic (exact) mass is 276 g/mol. The number of halogens is 6. The van der Waals surface area contributed by atoms with Gasteiger partial charge in [0.05, 0.1) is 5.56 Å². The second kappa shape index (κ2) is 3.94. The molecule has 102 valence electrons. The maximum absolute atomic E-state index is 13.2. The third kappa shape index (κ3) is 2.05. The Morgan fingerprint density at radius 1 is 0.889 bits per heavy atom. The lowest BCUT2D eigenvalue weighted by atomic mass is 9.99. The fraction of sp³-hybridized carbons (Fsp3) is 0.333. The Balaban J connectivity index is 3.37. The van der Waals surface area contributed by atoms with Gasteiger partial charge in [0.1, 0.15) is 11.5 Å². The molecule has 0 saturated heterocycles. The Morgan fingerprint density at radius 2 is 1.39 bits per heavy atom. The van der Waals surface area contributed by atoms with Crippen molar-refractivity contribution in [2.45, 2.75) is 18.0 Å². The molecule has 0 aliphatic carbocycles. The Kier molecular flexibility index (Phi) is 3.16. The normalized spacial score (nSPS) is 16.4. The van der Waals surface area contributed by atoms with Crippen molar-refractivity contribution in [3.8, 4) is 11.5 Å². The third-order valence-electron chi connectivity index (χ3n) is 2.11. The summed E-state index contributed by atoms with van der Waals surface area (Å²) in [6.07, 6.45) is -6.26. The van der Waals surface area contributed by atoms with Gasteiger partial charge in [-0.15, -0.1) is 0 Å². The number of phenolic OH excluding ortho intramolecular Hbond substituents is 2. The van der Waals surface area contributed by atoms with Crippen LogP contribution in [0.15, 0.2) is 18.2 Å². The van der Waals surface area contributed by atoms with E-state index in [1.54, 1.807) is 0 Å². The van der Waals surface area contributed by atoms with E-state index in [0.717, 1.165) is 0 Å². The number of benzene rings is 1. The van der Waals surface area contributed by atoms with Gasteiger partial charge in [-0.25, -0.2) is 0 Å². The molecule has 0 aliphatic rings. The highest BCUT2D eigenvalue weighted by molar-refractivity contribution is 5.42. The van der Waals surface area contributed by atoms with E-state index in [9.17, 15) is 26.3 Å². The van der Waals surface area contributed by atoms with Crippen molar-refractivity contribution in [2.24, 2.45) is 0 Å². The molecule has 0 aromatic heterocycles. The van der Waals surface area contributed by atoms with Crippen LogP contribution in [0.5, 0.6) is 11.5 Å². The summed E-state index contributed by atoms with van der Waals surface area (Å²) in [5.41, 5.74) is -1.80. The summed E-state index contributed by atoms with van der Waals surface area (Å²) < 4.78 is 75.3. The molecular weight excluding hydrogens is 270 g/mol. The van der Waals surface area contributed by atoms with Gasteiger partial charge >= 0.3 is 18.0 Å². The van der Waals surface area contributed by atoms with Gasteiger partial charge in [-0.3, -0.25) is 0 Å². The van der Waals surface area contributed by atoms with E-state index >= 15 is 0 Å². The minimum atomic E-state index is -6.26. The van der Waals surface area contributed by atoms with E-state index < -0.39 is 35.0 Å². The highest BCUT2D eigenvalue weighted by atomic mass is 19.4. The Morgan fingerprint density at radius 3 is 1.78 bits per heavy atom. The highest BCUT2D eigenvalue weighted by Crippen LogP contribution is 2.51. The lowest BCUT2D eigenvalue weighted by Gasteiger charge is -2.30. The van der Waals surface area contributed by atoms with Crippen LogP contribution in [-0.4, -0.2) is 27.4 Å². The highest BCUT2D eigenvalue weighted by Gasteiger charge is 2.72. The molecule has 0 saturated carbocycles. The largest absolute Gasteiger partial charge is 0.508 e. The first-order chi connectivity index (χ1) is 7.91. The summed E-state index contributed by atoms with van der Waals surface area (Å²) in [6, 6.07) is 0.964. The van der Waals surface area contributed by atoms with E-state index in [2.05, 4.69) is 0 Å². The molecule has 0 spiro atoms. The fourth-order valence-electron chi connectivity index (χ4n) is 1.14. The summed E-state index contributed by atoms with van der Waals surface area (Å²) in [4.78, 5) is 0. The first-order valence-electron chi connectivity index (χ1n) is 4.29. The van der Waals surface area contributed by atoms with Gasteiger partial charge in [-0.1, -0.05) is 0 Å². The van der Waals surface area contributed by atoms with E-state index in [4.69, 9.17) is 15.3 Å². The molecule has 1 aromatic rings. The zero-order chi connectivity index (χ0) is 14.4. The summed E-state index contributed by atoms with van der Waals surface area (Å²) in [6.45, 7) is 0. The number of rotatable bonds is 2. The Labute approximate surface area is 95.9 Å². The molecule has 1 atom stereocenters. The van der Waals surface area contributed by atoms with Crippen molar-refractivity contribution in [3.63, 3.8) is 0 Å². The molecule has 1 unspecified atom stereocenters. The lowest BCUT2D eigenvalue weighted by Crippen LogP contribution is -2.53. The van der Waals surface area contributed by atoms with Gasteiger partial charge in [0.2, 0.25) is 0 Å². The maximum Gasteiger partial charge on any atom is 0.455 e. The average Bonchev–Trinajstić information content (AvgIpc) is 2.14. The first kappa shape index (κ1) is 14.4. The number of phenols is 2. The quantitative estimate of drug-likeness (QED) is 0.727. The molecule has 0 aliphatic heterocycles. The SMILES string of the molecule is Oc1ccc(C(F)(F)C(O)(F)C(F)(F)F)c(O)c1. The molecule has 1 aromatic carbocycles. The van der Waals surface area contributed by atoms with E-state index in [0.29, 0.717) is 6.07 Å². The van der Waals surface area contributed by atoms with E-state index in [-0.39, 0.29) is 12.1 Å². The number of hydrogen-bond donors (Lipinski definition) is 3. The average molecular weight is 276 g/mol. The third-order valence-corrected chi connectivity index (χ3v) is 2.11. The maximum atomic E-state index is 13.2. The second-order valence-electron chi connectivity index (χ2n) is 3.40. The van der Waals surface area contributed by atoms with Crippen LogP contribution >= 0.6 is 0 Å². The number of aromatic hydroxyl groups is 2. The van der Waals surface area contributed by atoms with Crippen LogP contribution < -0.4 is 0 Å². The smallest absolute Gasteiger partial charge is 0.455 e. The van der Waals surface area contributed by atoms with Crippen molar-refractivity contribution < 1.29 is 41.7 Å². The number of aliphatic hydroxyl groups is 1. The van der Waals surface area contributed by atoms with Crippen molar-refractivity contribution in [2.75, 3.05) is 0 Å². The van der Waals surface area contributed by atoms with Gasteiger partial charge in [0, 0.05) is 6.07 Å². The van der Waals surface area contributed by atoms with Crippen LogP contribution in [0.2, 0.25) is 0 Å². The molecule has 18 heavy (non-hydrogen) atoms. The minimum absolute atomic E-state index is 0.168. The Bertz CT molecular complexity index is 454. The minimum Gasteiger partial charge on any atom is -0.508 e. The molecule has 0 bridgehead atoms. The van der Waals surface area contributed by atoms with Crippen LogP contribution in [0.4, 0.5) is 26.3 Å². The van der Waals surface area contributed by atoms with Gasteiger partial charge < -0.3 is 15.3 Å².